The van der Waals surface area contributed by atoms with Gasteiger partial charge in [-0.15, -0.1) is 6.42 Å². The van der Waals surface area contributed by atoms with Gasteiger partial charge in [0.2, 0.25) is 0 Å². The van der Waals surface area contributed by atoms with Crippen LogP contribution >= 0.6 is 0 Å². The molecule has 1 atom stereocenters. The fourth-order valence-electron chi connectivity index (χ4n) is 0.942. The fourth-order valence-corrected chi connectivity index (χ4v) is 0.942. The molecule has 3 N–H and O–H groups in total. The van der Waals surface area contributed by atoms with Gasteiger partial charge in [0, 0.05) is 6.54 Å². The summed E-state index contributed by atoms with van der Waals surface area (Å²) in [6.45, 7) is 4.90. The second-order valence-electron chi connectivity index (χ2n) is 2.92. The number of hydrogen-bond donors (Lipinski definition) is 2. The van der Waals surface area contributed by atoms with Gasteiger partial charge < -0.3 is 11.1 Å². The van der Waals surface area contributed by atoms with Gasteiger partial charge in [-0.2, -0.15) is 0 Å². The van der Waals surface area contributed by atoms with Crippen molar-refractivity contribution >= 4 is 5.96 Å². The smallest absolute Gasteiger partial charge is 0.189 e. The lowest BCUT2D eigenvalue weighted by Gasteiger charge is -2.11. The molecule has 0 aromatic rings. The first-order chi connectivity index (χ1) is 6.24. The molecule has 0 heterocycles. The van der Waals surface area contributed by atoms with E-state index in [1.807, 2.05) is 0 Å². The SMILES string of the molecule is C#CC(CCC)NC(N)=NCCC. The zero-order valence-electron chi connectivity index (χ0n) is 8.51. The number of nitrogens with two attached hydrogens (primary N) is 1. The molecule has 0 aliphatic carbocycles. The van der Waals surface area contributed by atoms with Crippen LogP contribution in [0.3, 0.4) is 0 Å². The lowest BCUT2D eigenvalue weighted by Crippen LogP contribution is -2.39. The number of hydrogen-bond acceptors (Lipinski definition) is 1. The lowest BCUT2D eigenvalue weighted by atomic mass is 10.2. The van der Waals surface area contributed by atoms with Crippen molar-refractivity contribution in [3.05, 3.63) is 0 Å². The van der Waals surface area contributed by atoms with E-state index in [2.05, 4.69) is 30.1 Å². The Hall–Kier alpha value is -1.17. The summed E-state index contributed by atoms with van der Waals surface area (Å²) in [5.74, 6) is 3.10. The first-order valence-corrected chi connectivity index (χ1v) is 4.77. The van der Waals surface area contributed by atoms with E-state index in [9.17, 15) is 0 Å². The molecule has 0 amide bonds. The highest BCUT2D eigenvalue weighted by molar-refractivity contribution is 5.78. The Morgan fingerprint density at radius 3 is 2.69 bits per heavy atom. The number of nitrogens with zero attached hydrogens (tertiary/aromatic N) is 1. The highest BCUT2D eigenvalue weighted by Crippen LogP contribution is 1.93. The summed E-state index contributed by atoms with van der Waals surface area (Å²) in [6, 6.07) is 0.0191. The average Bonchev–Trinajstić information content (AvgIpc) is 2.14. The Morgan fingerprint density at radius 1 is 1.54 bits per heavy atom. The molecule has 13 heavy (non-hydrogen) atoms. The molecule has 0 aliphatic heterocycles. The summed E-state index contributed by atoms with van der Waals surface area (Å²) >= 11 is 0. The molecule has 0 rings (SSSR count). The van der Waals surface area contributed by atoms with Gasteiger partial charge in [0.15, 0.2) is 5.96 Å². The Bertz CT molecular complexity index is 191. The van der Waals surface area contributed by atoms with Crippen molar-refractivity contribution in [3.8, 4) is 12.3 Å². The van der Waals surface area contributed by atoms with Crippen LogP contribution in [-0.2, 0) is 0 Å². The first kappa shape index (κ1) is 11.8. The largest absolute Gasteiger partial charge is 0.370 e. The summed E-state index contributed by atoms with van der Waals surface area (Å²) in [7, 11) is 0. The maximum Gasteiger partial charge on any atom is 0.189 e. The number of terminal acetylenes is 1. The van der Waals surface area contributed by atoms with Crippen LogP contribution in [0.1, 0.15) is 33.1 Å². The number of aliphatic imine (C=N–C) groups is 1. The van der Waals surface area contributed by atoms with Gasteiger partial charge in [0.05, 0.1) is 6.04 Å². The maximum atomic E-state index is 5.61. The van der Waals surface area contributed by atoms with Crippen molar-refractivity contribution in [2.45, 2.75) is 39.2 Å². The first-order valence-electron chi connectivity index (χ1n) is 4.77. The van der Waals surface area contributed by atoms with Crippen molar-refractivity contribution in [1.29, 1.82) is 0 Å². The molecule has 3 heteroatoms. The molecule has 0 spiro atoms. The number of nitrogens with one attached hydrogen (secondary N) is 1. The molecular formula is C10H19N3. The molecule has 0 aromatic carbocycles. The Morgan fingerprint density at radius 2 is 2.23 bits per heavy atom. The van der Waals surface area contributed by atoms with Crippen molar-refractivity contribution < 1.29 is 0 Å². The summed E-state index contributed by atoms with van der Waals surface area (Å²) in [6.07, 6.45) is 8.28. The van der Waals surface area contributed by atoms with Gasteiger partial charge in [0.25, 0.3) is 0 Å². The van der Waals surface area contributed by atoms with E-state index < -0.39 is 0 Å². The van der Waals surface area contributed by atoms with E-state index in [1.54, 1.807) is 0 Å². The maximum absolute atomic E-state index is 5.61. The van der Waals surface area contributed by atoms with Crippen LogP contribution in [0.5, 0.6) is 0 Å². The second kappa shape index (κ2) is 7.48. The van der Waals surface area contributed by atoms with Crippen molar-refractivity contribution in [3.63, 3.8) is 0 Å². The van der Waals surface area contributed by atoms with Crippen LogP contribution < -0.4 is 11.1 Å². The zero-order chi connectivity index (χ0) is 10.1. The number of rotatable bonds is 5. The highest BCUT2D eigenvalue weighted by atomic mass is 15.1. The predicted octanol–water partition coefficient (Wildman–Crippen LogP) is 1.10. The molecule has 0 aliphatic rings. The van der Waals surface area contributed by atoms with Crippen LogP contribution in [0.4, 0.5) is 0 Å². The van der Waals surface area contributed by atoms with E-state index >= 15 is 0 Å². The van der Waals surface area contributed by atoms with Crippen LogP contribution in [0.25, 0.3) is 0 Å². The summed E-state index contributed by atoms with van der Waals surface area (Å²) in [5, 5.41) is 2.99. The molecule has 74 valence electrons. The van der Waals surface area contributed by atoms with E-state index in [0.717, 1.165) is 25.8 Å². The Kier molecular flexibility index (Phi) is 6.80. The third-order valence-corrected chi connectivity index (χ3v) is 1.61. The minimum atomic E-state index is 0.0191. The average molecular weight is 181 g/mol. The minimum Gasteiger partial charge on any atom is -0.370 e. The third-order valence-electron chi connectivity index (χ3n) is 1.61. The molecule has 0 aromatic heterocycles. The quantitative estimate of drug-likeness (QED) is 0.379. The van der Waals surface area contributed by atoms with Crippen LogP contribution in [0.15, 0.2) is 4.99 Å². The van der Waals surface area contributed by atoms with Crippen LogP contribution in [0, 0.1) is 12.3 Å². The Balaban J connectivity index is 3.87. The molecular weight excluding hydrogens is 162 g/mol. The lowest BCUT2D eigenvalue weighted by molar-refractivity contribution is 0.658. The minimum absolute atomic E-state index is 0.0191. The van der Waals surface area contributed by atoms with E-state index in [0.29, 0.717) is 5.96 Å². The molecule has 1 unspecified atom stereocenters. The molecule has 0 fully saturated rings. The summed E-state index contributed by atoms with van der Waals surface area (Å²) in [5.41, 5.74) is 5.61. The highest BCUT2D eigenvalue weighted by Gasteiger charge is 2.02. The van der Waals surface area contributed by atoms with Crippen LogP contribution in [-0.4, -0.2) is 18.5 Å². The molecule has 0 radical (unpaired) electrons. The van der Waals surface area contributed by atoms with Gasteiger partial charge in [-0.3, -0.25) is 4.99 Å². The van der Waals surface area contributed by atoms with Gasteiger partial charge in [0.1, 0.15) is 0 Å². The second-order valence-corrected chi connectivity index (χ2v) is 2.92. The van der Waals surface area contributed by atoms with Gasteiger partial charge in [-0.1, -0.05) is 26.2 Å². The van der Waals surface area contributed by atoms with E-state index in [-0.39, 0.29) is 6.04 Å². The van der Waals surface area contributed by atoms with E-state index in [1.165, 1.54) is 0 Å². The number of guanidine groups is 1. The summed E-state index contributed by atoms with van der Waals surface area (Å²) in [4.78, 5) is 4.10. The Labute approximate surface area is 80.8 Å². The standard InChI is InChI=1S/C10H19N3/c1-4-7-9(6-3)13-10(11)12-8-5-2/h3,9H,4-5,7-8H2,1-2H3,(H3,11,12,13). The predicted molar refractivity (Wildman–Crippen MR) is 57.4 cm³/mol. The van der Waals surface area contributed by atoms with Crippen molar-refractivity contribution in [1.82, 2.24) is 5.32 Å². The zero-order valence-corrected chi connectivity index (χ0v) is 8.51. The van der Waals surface area contributed by atoms with Gasteiger partial charge in [-0.05, 0) is 12.8 Å². The van der Waals surface area contributed by atoms with Gasteiger partial charge in [-0.25, -0.2) is 0 Å². The monoisotopic (exact) mass is 181 g/mol. The fraction of sp³-hybridized carbons (Fsp3) is 0.700. The van der Waals surface area contributed by atoms with E-state index in [4.69, 9.17) is 12.2 Å². The molecule has 0 bridgehead atoms. The van der Waals surface area contributed by atoms with Crippen molar-refractivity contribution in [2.24, 2.45) is 10.7 Å². The summed E-state index contributed by atoms with van der Waals surface area (Å²) < 4.78 is 0. The van der Waals surface area contributed by atoms with Crippen molar-refractivity contribution in [2.75, 3.05) is 6.54 Å². The third kappa shape index (κ3) is 6.03. The van der Waals surface area contributed by atoms with Gasteiger partial charge >= 0.3 is 0 Å². The molecule has 3 nitrogen and oxygen atoms in total. The molecule has 0 saturated carbocycles. The van der Waals surface area contributed by atoms with Crippen LogP contribution in [0.2, 0.25) is 0 Å². The topological polar surface area (TPSA) is 50.4 Å². The normalized spacial score (nSPS) is 13.5. The molecule has 0 saturated heterocycles.